The Hall–Kier alpha value is -7.30. The maximum Gasteiger partial charge on any atom is 0.0635 e. The quantitative estimate of drug-likeness (QED) is 0.164. The van der Waals surface area contributed by atoms with E-state index in [-0.39, 0.29) is 10.8 Å². The summed E-state index contributed by atoms with van der Waals surface area (Å²) in [6.07, 6.45) is 2.20. The van der Waals surface area contributed by atoms with Crippen molar-refractivity contribution in [1.29, 1.82) is 0 Å². The highest BCUT2D eigenvalue weighted by Gasteiger charge is 2.22. The molecule has 11 aromatic rings. The molecule has 0 spiro atoms. The molecule has 0 amide bonds. The summed E-state index contributed by atoms with van der Waals surface area (Å²) in [4.78, 5) is 2.41. The number of rotatable bonds is 6. The largest absolute Gasteiger partial charge is 0.316 e. The van der Waals surface area contributed by atoms with E-state index in [9.17, 15) is 0 Å². The van der Waals surface area contributed by atoms with E-state index < -0.39 is 0 Å². The third kappa shape index (κ3) is 6.12. The smallest absolute Gasteiger partial charge is 0.0635 e. The third-order valence-electron chi connectivity index (χ3n) is 12.8. The van der Waals surface area contributed by atoms with Gasteiger partial charge < -0.3 is 18.6 Å². The standard InChI is InChI=1S/C58H50N4/c1-57(2,3)39-20-24-42(25-21-39)60(46-32-34-55-51(38-46)48-17-11-12-18-53(48)61(55)44-26-22-40(23-27-44)58(4,5)6)43-28-30-45(31-29-43)62-54-19-13-10-16-47(54)49-33-35-52-50(56(49)62)36-37-59(52)41-14-8-7-9-15-41/h7-38H,1-6H3. The highest BCUT2D eigenvalue weighted by molar-refractivity contribution is 6.18. The highest BCUT2D eigenvalue weighted by atomic mass is 15.1. The highest BCUT2D eigenvalue weighted by Crippen LogP contribution is 2.42. The van der Waals surface area contributed by atoms with E-state index in [0.717, 1.165) is 28.4 Å². The topological polar surface area (TPSA) is 18.0 Å². The van der Waals surface area contributed by atoms with Crippen molar-refractivity contribution < 1.29 is 0 Å². The zero-order valence-electron chi connectivity index (χ0n) is 36.3. The van der Waals surface area contributed by atoms with Crippen molar-refractivity contribution in [2.24, 2.45) is 0 Å². The first-order valence-corrected chi connectivity index (χ1v) is 21.8. The molecule has 4 heteroatoms. The molecule has 3 heterocycles. The van der Waals surface area contributed by atoms with Crippen LogP contribution in [0.1, 0.15) is 52.7 Å². The Labute approximate surface area is 363 Å². The van der Waals surface area contributed by atoms with Gasteiger partial charge in [-0.1, -0.05) is 126 Å². The Kier molecular flexibility index (Phi) is 8.59. The summed E-state index contributed by atoms with van der Waals surface area (Å²) in [6.45, 7) is 13.6. The molecule has 0 bridgehead atoms. The number of para-hydroxylation sites is 3. The minimum Gasteiger partial charge on any atom is -0.316 e. The zero-order valence-corrected chi connectivity index (χ0v) is 36.3. The minimum absolute atomic E-state index is 0.0482. The van der Waals surface area contributed by atoms with Crippen LogP contribution in [0.3, 0.4) is 0 Å². The van der Waals surface area contributed by atoms with Gasteiger partial charge in [-0.25, -0.2) is 0 Å². The van der Waals surface area contributed by atoms with E-state index in [2.05, 4.69) is 254 Å². The first-order valence-electron chi connectivity index (χ1n) is 21.8. The average molecular weight is 803 g/mol. The average Bonchev–Trinajstić information content (AvgIpc) is 3.97. The molecule has 0 saturated carbocycles. The second kappa shape index (κ2) is 14.1. The number of hydrogen-bond acceptors (Lipinski definition) is 1. The summed E-state index contributed by atoms with van der Waals surface area (Å²) in [5.74, 6) is 0. The Morgan fingerprint density at radius 3 is 1.47 bits per heavy atom. The molecule has 4 nitrogen and oxygen atoms in total. The first-order chi connectivity index (χ1) is 30.0. The molecule has 0 unspecified atom stereocenters. The van der Waals surface area contributed by atoms with Gasteiger partial charge in [-0.15, -0.1) is 0 Å². The summed E-state index contributed by atoms with van der Waals surface area (Å²) >= 11 is 0. The van der Waals surface area contributed by atoms with Crippen LogP contribution in [0, 0.1) is 0 Å². The van der Waals surface area contributed by atoms with Crippen LogP contribution in [-0.2, 0) is 10.8 Å². The number of nitrogens with zero attached hydrogens (tertiary/aromatic N) is 4. The molecule has 0 aliphatic rings. The third-order valence-corrected chi connectivity index (χ3v) is 12.8. The van der Waals surface area contributed by atoms with E-state index in [1.807, 2.05) is 0 Å². The predicted octanol–water partition coefficient (Wildman–Crippen LogP) is 15.9. The molecule has 0 N–H and O–H groups in total. The lowest BCUT2D eigenvalue weighted by Crippen LogP contribution is -2.13. The van der Waals surface area contributed by atoms with Crippen LogP contribution in [-0.4, -0.2) is 13.7 Å². The van der Waals surface area contributed by atoms with Gasteiger partial charge >= 0.3 is 0 Å². The van der Waals surface area contributed by atoms with Crippen molar-refractivity contribution in [2.45, 2.75) is 52.4 Å². The number of hydrogen-bond donors (Lipinski definition) is 0. The molecule has 11 rings (SSSR count). The van der Waals surface area contributed by atoms with E-state index >= 15 is 0 Å². The van der Waals surface area contributed by atoms with Gasteiger partial charge in [0.15, 0.2) is 0 Å². The van der Waals surface area contributed by atoms with E-state index in [1.165, 1.54) is 71.3 Å². The Morgan fingerprint density at radius 1 is 0.339 bits per heavy atom. The molecular formula is C58H50N4. The summed E-state index contributed by atoms with van der Waals surface area (Å²) in [6, 6.07) is 69.4. The van der Waals surface area contributed by atoms with Crippen LogP contribution in [0.25, 0.3) is 71.6 Å². The summed E-state index contributed by atoms with van der Waals surface area (Å²) in [5, 5.41) is 6.19. The van der Waals surface area contributed by atoms with Gasteiger partial charge in [-0.3, -0.25) is 0 Å². The molecule has 302 valence electrons. The lowest BCUT2D eigenvalue weighted by atomic mass is 9.87. The molecule has 8 aromatic carbocycles. The van der Waals surface area contributed by atoms with Gasteiger partial charge in [-0.2, -0.15) is 0 Å². The fourth-order valence-corrected chi connectivity index (χ4v) is 9.56. The fourth-order valence-electron chi connectivity index (χ4n) is 9.56. The van der Waals surface area contributed by atoms with Crippen molar-refractivity contribution in [3.63, 3.8) is 0 Å². The Bertz CT molecular complexity index is 3440. The van der Waals surface area contributed by atoms with Crippen LogP contribution in [0.2, 0.25) is 0 Å². The van der Waals surface area contributed by atoms with Crippen molar-refractivity contribution in [2.75, 3.05) is 4.90 Å². The maximum absolute atomic E-state index is 2.45. The van der Waals surface area contributed by atoms with Gasteiger partial charge in [0.25, 0.3) is 0 Å². The van der Waals surface area contributed by atoms with Crippen molar-refractivity contribution in [1.82, 2.24) is 13.7 Å². The van der Waals surface area contributed by atoms with Crippen LogP contribution in [0.15, 0.2) is 194 Å². The van der Waals surface area contributed by atoms with Crippen LogP contribution < -0.4 is 4.90 Å². The first kappa shape index (κ1) is 37.7. The molecule has 3 aromatic heterocycles. The molecule has 0 radical (unpaired) electrons. The SMILES string of the molecule is CC(C)(C)c1ccc(N(c2ccc(-n3c4ccccc4c4ccc5c(ccn5-c5ccccc5)c43)cc2)c2ccc3c(c2)c2ccccc2n3-c2ccc(C(C)(C)C)cc2)cc1. The van der Waals surface area contributed by atoms with E-state index in [0.29, 0.717) is 0 Å². The lowest BCUT2D eigenvalue weighted by molar-refractivity contribution is 0.590. The molecule has 0 saturated heterocycles. The molecular weight excluding hydrogens is 753 g/mol. The Morgan fingerprint density at radius 2 is 0.823 bits per heavy atom. The van der Waals surface area contributed by atoms with Gasteiger partial charge in [-0.05, 0) is 125 Å². The lowest BCUT2D eigenvalue weighted by Gasteiger charge is -2.27. The van der Waals surface area contributed by atoms with Crippen molar-refractivity contribution in [3.05, 3.63) is 205 Å². The summed E-state index contributed by atoms with van der Waals surface area (Å²) in [5.41, 5.74) is 15.5. The maximum atomic E-state index is 2.45. The summed E-state index contributed by atoms with van der Waals surface area (Å²) < 4.78 is 7.15. The fraction of sp³-hybridized carbons (Fsp3) is 0.138. The van der Waals surface area contributed by atoms with Crippen molar-refractivity contribution >= 4 is 71.6 Å². The molecule has 0 atom stereocenters. The van der Waals surface area contributed by atoms with E-state index in [1.54, 1.807) is 0 Å². The Balaban J connectivity index is 1.07. The van der Waals surface area contributed by atoms with E-state index in [4.69, 9.17) is 0 Å². The molecule has 0 fully saturated rings. The second-order valence-corrected chi connectivity index (χ2v) is 18.8. The van der Waals surface area contributed by atoms with Crippen LogP contribution in [0.5, 0.6) is 0 Å². The van der Waals surface area contributed by atoms with Crippen LogP contribution in [0.4, 0.5) is 17.1 Å². The number of benzene rings is 8. The zero-order chi connectivity index (χ0) is 42.3. The normalized spacial score (nSPS) is 12.4. The minimum atomic E-state index is 0.0482. The molecule has 0 aliphatic carbocycles. The van der Waals surface area contributed by atoms with Gasteiger partial charge in [0.05, 0.1) is 27.6 Å². The van der Waals surface area contributed by atoms with Gasteiger partial charge in [0, 0.05) is 67.3 Å². The summed E-state index contributed by atoms with van der Waals surface area (Å²) in [7, 11) is 0. The number of aromatic nitrogens is 3. The molecule has 62 heavy (non-hydrogen) atoms. The van der Waals surface area contributed by atoms with Crippen LogP contribution >= 0.6 is 0 Å². The van der Waals surface area contributed by atoms with Gasteiger partial charge in [0.1, 0.15) is 0 Å². The van der Waals surface area contributed by atoms with Crippen molar-refractivity contribution in [3.8, 4) is 17.1 Å². The van der Waals surface area contributed by atoms with Gasteiger partial charge in [0.2, 0.25) is 0 Å². The predicted molar refractivity (Wildman–Crippen MR) is 264 cm³/mol. The second-order valence-electron chi connectivity index (χ2n) is 18.8. The number of fused-ring (bicyclic) bond motifs is 8. The molecule has 0 aliphatic heterocycles. The number of anilines is 3. The monoisotopic (exact) mass is 802 g/mol.